The average molecular weight is 326 g/mol. The third kappa shape index (κ3) is 6.74. The van der Waals surface area contributed by atoms with Crippen LogP contribution in [0.3, 0.4) is 0 Å². The summed E-state index contributed by atoms with van der Waals surface area (Å²) < 4.78 is 9.63. The Morgan fingerprint density at radius 3 is 2.48 bits per heavy atom. The average Bonchev–Trinajstić information content (AvgIpc) is 2.57. The normalized spacial score (nSPS) is 14.6. The van der Waals surface area contributed by atoms with Gasteiger partial charge >= 0.3 is 5.97 Å². The molecule has 0 aromatic heterocycles. The Balaban J connectivity index is 2.44. The van der Waals surface area contributed by atoms with Crippen molar-refractivity contribution in [2.45, 2.75) is 32.0 Å². The van der Waals surface area contributed by atoms with Gasteiger partial charge in [0.05, 0.1) is 20.3 Å². The van der Waals surface area contributed by atoms with Gasteiger partial charge in [0.15, 0.2) is 0 Å². The molecule has 0 heterocycles. The molecule has 0 aliphatic rings. The van der Waals surface area contributed by atoms with E-state index in [4.69, 9.17) is 4.74 Å². The SMILES string of the molecule is COC(=O)C(C)NC(=O)[C@H](CO)NC(O)OCc1ccccc1. The van der Waals surface area contributed by atoms with E-state index in [9.17, 15) is 19.8 Å². The molecular weight excluding hydrogens is 304 g/mol. The molecule has 0 bridgehead atoms. The zero-order chi connectivity index (χ0) is 17.2. The zero-order valence-electron chi connectivity index (χ0n) is 13.1. The van der Waals surface area contributed by atoms with Crippen molar-refractivity contribution in [3.8, 4) is 0 Å². The molecule has 3 atom stereocenters. The summed E-state index contributed by atoms with van der Waals surface area (Å²) in [5.41, 5.74) is 0.845. The maximum Gasteiger partial charge on any atom is 0.328 e. The first-order valence-corrected chi connectivity index (χ1v) is 7.06. The number of methoxy groups -OCH3 is 1. The van der Waals surface area contributed by atoms with Gasteiger partial charge in [-0.2, -0.15) is 0 Å². The van der Waals surface area contributed by atoms with Crippen molar-refractivity contribution >= 4 is 11.9 Å². The van der Waals surface area contributed by atoms with Crippen LogP contribution >= 0.6 is 0 Å². The lowest BCUT2D eigenvalue weighted by molar-refractivity contribution is -0.150. The summed E-state index contributed by atoms with van der Waals surface area (Å²) in [4.78, 5) is 23.2. The first-order chi connectivity index (χ1) is 11.0. The maximum absolute atomic E-state index is 11.9. The number of aliphatic hydroxyl groups is 2. The van der Waals surface area contributed by atoms with Crippen LogP contribution in [0.1, 0.15) is 12.5 Å². The van der Waals surface area contributed by atoms with Gasteiger partial charge in [-0.25, -0.2) is 4.79 Å². The molecule has 1 rings (SSSR count). The first kappa shape index (κ1) is 19.0. The number of nitrogens with one attached hydrogen (secondary N) is 2. The predicted molar refractivity (Wildman–Crippen MR) is 80.9 cm³/mol. The van der Waals surface area contributed by atoms with Crippen molar-refractivity contribution in [1.29, 1.82) is 0 Å². The van der Waals surface area contributed by atoms with Gasteiger partial charge in [0.1, 0.15) is 12.1 Å². The van der Waals surface area contributed by atoms with Crippen molar-refractivity contribution in [3.63, 3.8) is 0 Å². The summed E-state index contributed by atoms with van der Waals surface area (Å²) in [6, 6.07) is 7.15. The minimum absolute atomic E-state index is 0.132. The molecule has 4 N–H and O–H groups in total. The molecule has 0 radical (unpaired) electrons. The fourth-order valence-electron chi connectivity index (χ4n) is 1.73. The Hall–Kier alpha value is -2.00. The van der Waals surface area contributed by atoms with E-state index in [0.29, 0.717) is 0 Å². The number of carbonyl (C=O) groups is 2. The summed E-state index contributed by atoms with van der Waals surface area (Å²) in [6.45, 7) is 0.999. The first-order valence-electron chi connectivity index (χ1n) is 7.06. The maximum atomic E-state index is 11.9. The van der Waals surface area contributed by atoms with Crippen LogP contribution in [0.5, 0.6) is 0 Å². The Morgan fingerprint density at radius 2 is 1.91 bits per heavy atom. The second-order valence-corrected chi connectivity index (χ2v) is 4.80. The molecule has 128 valence electrons. The highest BCUT2D eigenvalue weighted by atomic mass is 16.6. The van der Waals surface area contributed by atoms with Crippen LogP contribution in [0.4, 0.5) is 0 Å². The number of ether oxygens (including phenoxy) is 2. The highest BCUT2D eigenvalue weighted by molar-refractivity contribution is 5.87. The molecule has 1 aromatic rings. The molecule has 0 spiro atoms. The third-order valence-electron chi connectivity index (χ3n) is 3.01. The number of carbonyl (C=O) groups excluding carboxylic acids is 2. The Kier molecular flexibility index (Phi) is 8.20. The van der Waals surface area contributed by atoms with Crippen LogP contribution < -0.4 is 10.6 Å². The summed E-state index contributed by atoms with van der Waals surface area (Å²) in [7, 11) is 1.20. The summed E-state index contributed by atoms with van der Waals surface area (Å²) in [5.74, 6) is -1.27. The van der Waals surface area contributed by atoms with Crippen LogP contribution in [0.15, 0.2) is 30.3 Å². The number of amides is 1. The zero-order valence-corrected chi connectivity index (χ0v) is 13.1. The molecule has 0 saturated carbocycles. The molecule has 1 aromatic carbocycles. The number of aliphatic hydroxyl groups excluding tert-OH is 2. The van der Waals surface area contributed by atoms with Gasteiger partial charge in [0, 0.05) is 0 Å². The van der Waals surface area contributed by atoms with Crippen molar-refractivity contribution in [3.05, 3.63) is 35.9 Å². The molecular formula is C15H22N2O6. The van der Waals surface area contributed by atoms with Gasteiger partial charge in [0.2, 0.25) is 12.3 Å². The van der Waals surface area contributed by atoms with E-state index in [1.807, 2.05) is 30.3 Å². The minimum atomic E-state index is -1.45. The highest BCUT2D eigenvalue weighted by Gasteiger charge is 2.24. The topological polar surface area (TPSA) is 117 Å². The van der Waals surface area contributed by atoms with Crippen molar-refractivity contribution in [2.24, 2.45) is 0 Å². The predicted octanol–water partition coefficient (Wildman–Crippen LogP) is -0.893. The van der Waals surface area contributed by atoms with Crippen LogP contribution in [0.2, 0.25) is 0 Å². The second-order valence-electron chi connectivity index (χ2n) is 4.80. The molecule has 8 nitrogen and oxygen atoms in total. The van der Waals surface area contributed by atoms with Crippen LogP contribution in [0, 0.1) is 0 Å². The van der Waals surface area contributed by atoms with Crippen LogP contribution in [-0.2, 0) is 25.7 Å². The van der Waals surface area contributed by atoms with Crippen LogP contribution in [-0.4, -0.2) is 54.3 Å². The number of benzene rings is 1. The largest absolute Gasteiger partial charge is 0.467 e. The van der Waals surface area contributed by atoms with Crippen LogP contribution in [0.25, 0.3) is 0 Å². The smallest absolute Gasteiger partial charge is 0.328 e. The van der Waals surface area contributed by atoms with E-state index in [-0.39, 0.29) is 6.61 Å². The van der Waals surface area contributed by atoms with E-state index in [1.165, 1.54) is 14.0 Å². The van der Waals surface area contributed by atoms with Crippen molar-refractivity contribution < 1.29 is 29.3 Å². The van der Waals surface area contributed by atoms with Gasteiger partial charge in [-0.3, -0.25) is 10.1 Å². The number of hydrogen-bond donors (Lipinski definition) is 4. The van der Waals surface area contributed by atoms with Gasteiger partial charge < -0.3 is 25.0 Å². The minimum Gasteiger partial charge on any atom is -0.467 e. The van der Waals surface area contributed by atoms with Gasteiger partial charge in [-0.15, -0.1) is 0 Å². The molecule has 0 aliphatic carbocycles. The molecule has 0 aliphatic heterocycles. The summed E-state index contributed by atoms with van der Waals surface area (Å²) in [6.07, 6.45) is -1.45. The lowest BCUT2D eigenvalue weighted by Crippen LogP contribution is -2.54. The Bertz CT molecular complexity index is 496. The van der Waals surface area contributed by atoms with Gasteiger partial charge in [0.25, 0.3) is 0 Å². The Morgan fingerprint density at radius 1 is 1.26 bits per heavy atom. The molecule has 0 fully saturated rings. The van der Waals surface area contributed by atoms with E-state index in [2.05, 4.69) is 15.4 Å². The fourth-order valence-corrected chi connectivity index (χ4v) is 1.73. The molecule has 2 unspecified atom stereocenters. The highest BCUT2D eigenvalue weighted by Crippen LogP contribution is 2.02. The quantitative estimate of drug-likeness (QED) is 0.343. The summed E-state index contributed by atoms with van der Waals surface area (Å²) >= 11 is 0. The standard InChI is InChI=1S/C15H22N2O6/c1-10(14(20)22-2)16-13(19)12(8-18)17-15(21)23-9-11-6-4-3-5-7-11/h3-7,10,12,15,17-18,21H,8-9H2,1-2H3,(H,16,19)/t10?,12-,15?/m0/s1. The third-order valence-corrected chi connectivity index (χ3v) is 3.01. The summed E-state index contributed by atoms with van der Waals surface area (Å²) in [5, 5.41) is 23.7. The fraction of sp³-hybridized carbons (Fsp3) is 0.467. The molecule has 0 saturated heterocycles. The lowest BCUT2D eigenvalue weighted by Gasteiger charge is -2.21. The van der Waals surface area contributed by atoms with Gasteiger partial charge in [-0.1, -0.05) is 30.3 Å². The second kappa shape index (κ2) is 9.90. The number of hydrogen-bond acceptors (Lipinski definition) is 7. The Labute approximate surface area is 134 Å². The lowest BCUT2D eigenvalue weighted by atomic mass is 10.2. The molecule has 23 heavy (non-hydrogen) atoms. The van der Waals surface area contributed by atoms with E-state index < -0.39 is 37.0 Å². The molecule has 8 heteroatoms. The van der Waals surface area contributed by atoms with Crippen molar-refractivity contribution in [2.75, 3.05) is 13.7 Å². The van der Waals surface area contributed by atoms with Gasteiger partial charge in [-0.05, 0) is 12.5 Å². The van der Waals surface area contributed by atoms with E-state index in [1.54, 1.807) is 0 Å². The van der Waals surface area contributed by atoms with Crippen molar-refractivity contribution in [1.82, 2.24) is 10.6 Å². The molecule has 1 amide bonds. The van der Waals surface area contributed by atoms with E-state index in [0.717, 1.165) is 5.56 Å². The van der Waals surface area contributed by atoms with E-state index >= 15 is 0 Å². The monoisotopic (exact) mass is 326 g/mol. The number of rotatable bonds is 9. The number of esters is 1.